The summed E-state index contributed by atoms with van der Waals surface area (Å²) < 4.78 is 5.30. The summed E-state index contributed by atoms with van der Waals surface area (Å²) in [5, 5.41) is 11.4. The van der Waals surface area contributed by atoms with Gasteiger partial charge in [0.1, 0.15) is 5.75 Å². The van der Waals surface area contributed by atoms with Crippen molar-refractivity contribution in [1.29, 1.82) is 0 Å². The highest BCUT2D eigenvalue weighted by atomic mass is 16.5. The van der Waals surface area contributed by atoms with E-state index in [1.807, 2.05) is 12.1 Å². The van der Waals surface area contributed by atoms with Gasteiger partial charge in [0.15, 0.2) is 0 Å². The highest BCUT2D eigenvalue weighted by Gasteiger charge is 2.60. The van der Waals surface area contributed by atoms with Gasteiger partial charge in [-0.1, -0.05) is 44.9 Å². The molecule has 0 heterocycles. The third-order valence-electron chi connectivity index (χ3n) is 9.92. The van der Waals surface area contributed by atoms with Crippen molar-refractivity contribution in [2.75, 3.05) is 7.11 Å². The SMILES string of the molecule is COc1ccc(/C=C2\C[C@H]3[C@@H]4CC[C@H]5CCCC[C@]5(C)[C@H]4CC[C@]3(C)[C@@H]2O)cc1. The second-order valence-electron chi connectivity index (χ2n) is 11.0. The lowest BCUT2D eigenvalue weighted by atomic mass is 9.45. The number of ether oxygens (including phenoxy) is 1. The maximum atomic E-state index is 11.4. The van der Waals surface area contributed by atoms with Crippen LogP contribution in [0.25, 0.3) is 6.08 Å². The van der Waals surface area contributed by atoms with Gasteiger partial charge < -0.3 is 9.84 Å². The van der Waals surface area contributed by atoms with Crippen LogP contribution in [0.1, 0.15) is 77.2 Å². The van der Waals surface area contributed by atoms with Crippen LogP contribution in [0.2, 0.25) is 0 Å². The molecule has 1 N–H and O–H groups in total. The molecule has 0 aliphatic heterocycles. The largest absolute Gasteiger partial charge is 0.497 e. The molecule has 2 heteroatoms. The third kappa shape index (κ3) is 3.00. The maximum Gasteiger partial charge on any atom is 0.118 e. The van der Waals surface area contributed by atoms with Crippen molar-refractivity contribution >= 4 is 6.08 Å². The summed E-state index contributed by atoms with van der Waals surface area (Å²) in [4.78, 5) is 0. The second kappa shape index (κ2) is 7.15. The number of fused-ring (bicyclic) bond motifs is 5. The summed E-state index contributed by atoms with van der Waals surface area (Å²) in [6, 6.07) is 8.26. The highest BCUT2D eigenvalue weighted by molar-refractivity contribution is 5.56. The van der Waals surface area contributed by atoms with E-state index in [4.69, 9.17) is 4.74 Å². The standard InChI is InChI=1S/C27H38O2/c1-26-14-5-4-6-20(26)9-12-22-23(26)13-15-27(2)24(22)17-19(25(27)28)16-18-7-10-21(29-3)11-8-18/h7-8,10-11,16,20,22-25,28H,4-6,9,12-15,17H2,1-3H3/b19-16+/t20-,22-,23+,24+,25-,26+,27+/m1/s1. The lowest BCUT2D eigenvalue weighted by Crippen LogP contribution is -2.53. The average molecular weight is 395 g/mol. The number of benzene rings is 1. The Morgan fingerprint density at radius 3 is 2.48 bits per heavy atom. The lowest BCUT2D eigenvalue weighted by molar-refractivity contribution is -0.119. The van der Waals surface area contributed by atoms with E-state index in [0.717, 1.165) is 29.9 Å². The van der Waals surface area contributed by atoms with Crippen LogP contribution in [0.3, 0.4) is 0 Å². The Kier molecular flexibility index (Phi) is 4.85. The van der Waals surface area contributed by atoms with Gasteiger partial charge in [-0.2, -0.15) is 0 Å². The van der Waals surface area contributed by atoms with Crippen LogP contribution in [-0.4, -0.2) is 18.3 Å². The molecular formula is C27H38O2. The zero-order chi connectivity index (χ0) is 20.2. The fourth-order valence-corrected chi connectivity index (χ4v) is 8.21. The molecule has 0 aromatic heterocycles. The Labute approximate surface area is 176 Å². The van der Waals surface area contributed by atoms with Crippen molar-refractivity contribution in [3.05, 3.63) is 35.4 Å². The fourth-order valence-electron chi connectivity index (χ4n) is 8.21. The van der Waals surface area contributed by atoms with Crippen LogP contribution in [0, 0.1) is 34.5 Å². The van der Waals surface area contributed by atoms with Gasteiger partial charge in [0.25, 0.3) is 0 Å². The molecule has 0 bridgehead atoms. The summed E-state index contributed by atoms with van der Waals surface area (Å²) in [6.07, 6.45) is 14.2. The first-order valence-corrected chi connectivity index (χ1v) is 12.0. The molecule has 4 saturated carbocycles. The first-order chi connectivity index (χ1) is 14.0. The van der Waals surface area contributed by atoms with Crippen molar-refractivity contribution in [1.82, 2.24) is 0 Å². The molecule has 5 rings (SSSR count). The van der Waals surface area contributed by atoms with Gasteiger partial charge in [-0.25, -0.2) is 0 Å². The molecule has 0 spiro atoms. The minimum atomic E-state index is -0.285. The van der Waals surface area contributed by atoms with E-state index in [1.165, 1.54) is 62.5 Å². The summed E-state index contributed by atoms with van der Waals surface area (Å²) in [5.74, 6) is 4.19. The Morgan fingerprint density at radius 1 is 0.931 bits per heavy atom. The number of methoxy groups -OCH3 is 1. The maximum absolute atomic E-state index is 11.4. The van der Waals surface area contributed by atoms with E-state index < -0.39 is 0 Å². The zero-order valence-corrected chi connectivity index (χ0v) is 18.5. The minimum Gasteiger partial charge on any atom is -0.497 e. The quantitative estimate of drug-likeness (QED) is 0.622. The number of aliphatic hydroxyl groups excluding tert-OH is 1. The Morgan fingerprint density at radius 2 is 1.72 bits per heavy atom. The third-order valence-corrected chi connectivity index (χ3v) is 9.92. The Balaban J connectivity index is 1.43. The average Bonchev–Trinajstić information content (AvgIpc) is 2.99. The number of rotatable bonds is 2. The van der Waals surface area contributed by atoms with Gasteiger partial charge in [0.05, 0.1) is 13.2 Å². The van der Waals surface area contributed by atoms with Gasteiger partial charge in [0.2, 0.25) is 0 Å². The van der Waals surface area contributed by atoms with Gasteiger partial charge in [-0.15, -0.1) is 0 Å². The summed E-state index contributed by atoms with van der Waals surface area (Å²) in [7, 11) is 1.71. The van der Waals surface area contributed by atoms with E-state index in [9.17, 15) is 5.11 Å². The van der Waals surface area contributed by atoms with E-state index in [1.54, 1.807) is 7.11 Å². The number of hydrogen-bond donors (Lipinski definition) is 1. The van der Waals surface area contributed by atoms with Crippen molar-refractivity contribution in [2.24, 2.45) is 34.5 Å². The molecule has 0 amide bonds. The van der Waals surface area contributed by atoms with Crippen molar-refractivity contribution in [3.63, 3.8) is 0 Å². The van der Waals surface area contributed by atoms with E-state index in [-0.39, 0.29) is 11.5 Å². The summed E-state index contributed by atoms with van der Waals surface area (Å²) >= 11 is 0. The summed E-state index contributed by atoms with van der Waals surface area (Å²) in [6.45, 7) is 5.03. The van der Waals surface area contributed by atoms with Gasteiger partial charge in [-0.3, -0.25) is 0 Å². The normalized spacial score (nSPS) is 45.4. The highest BCUT2D eigenvalue weighted by Crippen LogP contribution is 2.67. The molecular weight excluding hydrogens is 356 g/mol. The molecule has 29 heavy (non-hydrogen) atoms. The molecule has 0 saturated heterocycles. The van der Waals surface area contributed by atoms with Gasteiger partial charge in [0, 0.05) is 5.41 Å². The predicted molar refractivity (Wildman–Crippen MR) is 119 cm³/mol. The second-order valence-corrected chi connectivity index (χ2v) is 11.0. The Hall–Kier alpha value is -1.28. The lowest BCUT2D eigenvalue weighted by Gasteiger charge is -2.60. The van der Waals surface area contributed by atoms with Crippen LogP contribution in [0.15, 0.2) is 29.8 Å². The van der Waals surface area contributed by atoms with Gasteiger partial charge in [-0.05, 0) is 97.3 Å². The zero-order valence-electron chi connectivity index (χ0n) is 18.5. The topological polar surface area (TPSA) is 29.5 Å². The predicted octanol–water partition coefficient (Wildman–Crippen LogP) is 6.48. The fraction of sp³-hybridized carbons (Fsp3) is 0.704. The first-order valence-electron chi connectivity index (χ1n) is 12.0. The minimum absolute atomic E-state index is 0.0668. The molecule has 4 aliphatic rings. The first kappa shape index (κ1) is 19.7. The van der Waals surface area contributed by atoms with E-state index >= 15 is 0 Å². The molecule has 0 radical (unpaired) electrons. The molecule has 0 unspecified atom stereocenters. The van der Waals surface area contributed by atoms with Gasteiger partial charge >= 0.3 is 0 Å². The number of hydrogen-bond acceptors (Lipinski definition) is 2. The van der Waals surface area contributed by atoms with Crippen LogP contribution in [0.4, 0.5) is 0 Å². The monoisotopic (exact) mass is 394 g/mol. The van der Waals surface area contributed by atoms with Crippen molar-refractivity contribution < 1.29 is 9.84 Å². The van der Waals surface area contributed by atoms with E-state index in [2.05, 4.69) is 32.1 Å². The van der Waals surface area contributed by atoms with E-state index in [0.29, 0.717) is 11.3 Å². The Bertz CT molecular complexity index is 780. The molecule has 2 nitrogen and oxygen atoms in total. The molecule has 1 aromatic rings. The molecule has 4 fully saturated rings. The molecule has 1 aromatic carbocycles. The molecule has 7 atom stereocenters. The number of aliphatic hydroxyl groups is 1. The molecule has 4 aliphatic carbocycles. The van der Waals surface area contributed by atoms with Crippen LogP contribution in [0.5, 0.6) is 5.75 Å². The van der Waals surface area contributed by atoms with Crippen LogP contribution in [-0.2, 0) is 0 Å². The van der Waals surface area contributed by atoms with Crippen molar-refractivity contribution in [2.45, 2.75) is 77.7 Å². The summed E-state index contributed by atoms with van der Waals surface area (Å²) in [5.41, 5.74) is 3.08. The van der Waals surface area contributed by atoms with Crippen molar-refractivity contribution in [3.8, 4) is 5.75 Å². The molecule has 158 valence electrons. The smallest absolute Gasteiger partial charge is 0.118 e. The van der Waals surface area contributed by atoms with Crippen LogP contribution < -0.4 is 4.74 Å². The van der Waals surface area contributed by atoms with Crippen LogP contribution >= 0.6 is 0 Å².